The molecule has 34 heavy (non-hydrogen) atoms. The quantitative estimate of drug-likeness (QED) is 0.160. The molecule has 7 atom stereocenters. The monoisotopic (exact) mass is 505 g/mol. The van der Waals surface area contributed by atoms with Crippen molar-refractivity contribution in [1.82, 2.24) is 0 Å². The molecule has 194 valence electrons. The number of nitrogens with zero attached hydrogens (tertiary/aromatic N) is 1. The Morgan fingerprint density at radius 1 is 0.941 bits per heavy atom. The molecule has 3 saturated carbocycles. The van der Waals surface area contributed by atoms with Crippen LogP contribution in [0.3, 0.4) is 0 Å². The molecule has 6 heteroatoms. The van der Waals surface area contributed by atoms with Gasteiger partial charge in [0, 0.05) is 11.5 Å². The first-order chi connectivity index (χ1) is 15.7. The molecular weight excluding hydrogens is 454 g/mol. The molecule has 4 aliphatic carbocycles. The minimum atomic E-state index is -1.78. The highest BCUT2D eigenvalue weighted by Crippen LogP contribution is 2.68. The van der Waals surface area contributed by atoms with Crippen LogP contribution in [0.4, 0.5) is 0 Å². The number of hydrogen-bond donors (Lipinski definition) is 0. The lowest BCUT2D eigenvalue weighted by Gasteiger charge is -2.60. The fourth-order valence-electron chi connectivity index (χ4n) is 8.80. The summed E-state index contributed by atoms with van der Waals surface area (Å²) in [6.45, 7) is 21.3. The van der Waals surface area contributed by atoms with Crippen LogP contribution in [0.15, 0.2) is 16.8 Å². The number of allylic oxidation sites excluding steroid dienone is 1. The molecule has 0 spiro atoms. The average Bonchev–Trinajstić information content (AvgIpc) is 2.99. The zero-order valence-corrected chi connectivity index (χ0v) is 25.7. The van der Waals surface area contributed by atoms with Gasteiger partial charge < -0.3 is 13.7 Å². The van der Waals surface area contributed by atoms with E-state index in [0.717, 1.165) is 30.4 Å². The van der Waals surface area contributed by atoms with E-state index in [1.165, 1.54) is 38.5 Å². The molecule has 0 aromatic carbocycles. The molecule has 0 saturated heterocycles. The third kappa shape index (κ3) is 4.43. The largest absolute Gasteiger partial charge is 0.414 e. The molecule has 4 aliphatic rings. The first-order valence-corrected chi connectivity index (χ1v) is 20.6. The number of hydrogen-bond acceptors (Lipinski definition) is 4. The van der Waals surface area contributed by atoms with Crippen molar-refractivity contribution in [3.63, 3.8) is 0 Å². The number of rotatable bonds is 6. The summed E-state index contributed by atoms with van der Waals surface area (Å²) in [7, 11) is -1.61. The normalized spacial score (nSPS) is 43.0. The maximum Gasteiger partial charge on any atom is 0.185 e. The Hall–Kier alpha value is -0.436. The van der Waals surface area contributed by atoms with E-state index in [1.807, 2.05) is 0 Å². The van der Waals surface area contributed by atoms with Gasteiger partial charge in [-0.05, 0) is 121 Å². The van der Waals surface area contributed by atoms with Crippen LogP contribution in [0.2, 0.25) is 39.3 Å². The van der Waals surface area contributed by atoms with Crippen LogP contribution < -0.4 is 0 Å². The highest BCUT2D eigenvalue weighted by atomic mass is 28.4. The van der Waals surface area contributed by atoms with Crippen LogP contribution in [0.25, 0.3) is 0 Å². The molecule has 0 bridgehead atoms. The summed E-state index contributed by atoms with van der Waals surface area (Å²) in [6, 6.07) is 0. The van der Waals surface area contributed by atoms with E-state index in [4.69, 9.17) is 13.7 Å². The van der Waals surface area contributed by atoms with Crippen molar-refractivity contribution >= 4 is 22.3 Å². The summed E-state index contributed by atoms with van der Waals surface area (Å²) in [4.78, 5) is 5.32. The van der Waals surface area contributed by atoms with E-state index in [1.54, 1.807) is 12.7 Å². The van der Waals surface area contributed by atoms with Gasteiger partial charge in [0.25, 0.3) is 0 Å². The third-order valence-corrected chi connectivity index (χ3v) is 12.0. The van der Waals surface area contributed by atoms with Gasteiger partial charge in [0.2, 0.25) is 0 Å². The van der Waals surface area contributed by atoms with Crippen LogP contribution in [0.1, 0.15) is 72.1 Å². The SMILES string of the molecule is CO/N=C(\C)[C@@]1(O[Si](C)(C)C)CC[C@H]2[C@@H]3CC=C4C[C@@H](O[Si](C)(C)C)CC[C@]4(C)[C@H]3CC[C@@]21C. The Morgan fingerprint density at radius 2 is 1.62 bits per heavy atom. The van der Waals surface area contributed by atoms with Crippen LogP contribution >= 0.6 is 0 Å². The lowest BCUT2D eigenvalue weighted by Crippen LogP contribution is -2.60. The molecule has 0 N–H and O–H groups in total. The van der Waals surface area contributed by atoms with Gasteiger partial charge >= 0.3 is 0 Å². The molecule has 0 heterocycles. The average molecular weight is 506 g/mol. The van der Waals surface area contributed by atoms with E-state index in [2.05, 4.69) is 71.3 Å². The first-order valence-electron chi connectivity index (χ1n) is 13.8. The smallest absolute Gasteiger partial charge is 0.185 e. The summed E-state index contributed by atoms with van der Waals surface area (Å²) in [5.41, 5.74) is 2.97. The molecule has 0 amide bonds. The molecule has 0 unspecified atom stereocenters. The Morgan fingerprint density at radius 3 is 2.24 bits per heavy atom. The minimum Gasteiger partial charge on any atom is -0.414 e. The first kappa shape index (κ1) is 26.6. The second kappa shape index (κ2) is 8.84. The van der Waals surface area contributed by atoms with E-state index in [-0.39, 0.29) is 11.0 Å². The topological polar surface area (TPSA) is 40.0 Å². The zero-order chi connectivity index (χ0) is 25.2. The molecule has 0 aliphatic heterocycles. The molecular formula is C28H51NO3Si2. The van der Waals surface area contributed by atoms with Gasteiger partial charge in [0.1, 0.15) is 12.7 Å². The number of oxime groups is 1. The molecule has 0 radical (unpaired) electrons. The van der Waals surface area contributed by atoms with Crippen LogP contribution in [-0.2, 0) is 13.7 Å². The van der Waals surface area contributed by atoms with Gasteiger partial charge in [-0.15, -0.1) is 0 Å². The maximum atomic E-state index is 7.15. The second-order valence-corrected chi connectivity index (χ2v) is 23.1. The van der Waals surface area contributed by atoms with Crippen molar-refractivity contribution in [2.24, 2.45) is 33.7 Å². The predicted octanol–water partition coefficient (Wildman–Crippen LogP) is 7.78. The summed E-state index contributed by atoms with van der Waals surface area (Å²) < 4.78 is 13.7. The van der Waals surface area contributed by atoms with Crippen molar-refractivity contribution < 1.29 is 13.7 Å². The van der Waals surface area contributed by atoms with E-state index in [9.17, 15) is 0 Å². The minimum absolute atomic E-state index is 0.125. The van der Waals surface area contributed by atoms with Gasteiger partial charge in [-0.2, -0.15) is 0 Å². The lowest BCUT2D eigenvalue weighted by atomic mass is 9.46. The van der Waals surface area contributed by atoms with Crippen LogP contribution in [0, 0.1) is 28.6 Å². The Kier molecular flexibility index (Phi) is 6.93. The van der Waals surface area contributed by atoms with Crippen molar-refractivity contribution in [3.05, 3.63) is 11.6 Å². The van der Waals surface area contributed by atoms with Crippen LogP contribution in [0.5, 0.6) is 0 Å². The maximum absolute atomic E-state index is 7.15. The summed E-state index contributed by atoms with van der Waals surface area (Å²) in [6.07, 6.45) is 12.9. The third-order valence-electron chi connectivity index (χ3n) is 9.99. The summed E-state index contributed by atoms with van der Waals surface area (Å²) in [5, 5.41) is 4.51. The Bertz CT molecular complexity index is 844. The van der Waals surface area contributed by atoms with E-state index < -0.39 is 16.6 Å². The fraction of sp³-hybridized carbons (Fsp3) is 0.893. The van der Waals surface area contributed by atoms with Gasteiger partial charge in [-0.25, -0.2) is 0 Å². The van der Waals surface area contributed by atoms with Gasteiger partial charge in [-0.3, -0.25) is 0 Å². The summed E-state index contributed by atoms with van der Waals surface area (Å²) in [5.74, 6) is 2.24. The van der Waals surface area contributed by atoms with E-state index in [0.29, 0.717) is 17.4 Å². The lowest BCUT2D eigenvalue weighted by molar-refractivity contribution is -0.0866. The fourth-order valence-corrected chi connectivity index (χ4v) is 11.5. The van der Waals surface area contributed by atoms with Crippen molar-refractivity contribution in [1.29, 1.82) is 0 Å². The molecule has 4 rings (SSSR count). The predicted molar refractivity (Wildman–Crippen MR) is 147 cm³/mol. The van der Waals surface area contributed by atoms with Gasteiger partial charge in [0.15, 0.2) is 16.6 Å². The molecule has 4 nitrogen and oxygen atoms in total. The van der Waals surface area contributed by atoms with Gasteiger partial charge in [0.05, 0.1) is 5.71 Å². The highest BCUT2D eigenvalue weighted by molar-refractivity contribution is 6.70. The van der Waals surface area contributed by atoms with E-state index >= 15 is 0 Å². The second-order valence-electron chi connectivity index (χ2n) is 14.2. The highest BCUT2D eigenvalue weighted by Gasteiger charge is 2.66. The molecule has 3 fully saturated rings. The van der Waals surface area contributed by atoms with Crippen molar-refractivity contribution in [2.45, 2.75) is 123 Å². The van der Waals surface area contributed by atoms with Gasteiger partial charge in [-0.1, -0.05) is 30.7 Å². The Labute approximate surface area is 211 Å². The Balaban J connectivity index is 1.64. The summed E-state index contributed by atoms with van der Waals surface area (Å²) >= 11 is 0. The van der Waals surface area contributed by atoms with Crippen molar-refractivity contribution in [3.8, 4) is 0 Å². The molecule has 0 aromatic heterocycles. The molecule has 0 aromatic rings. The van der Waals surface area contributed by atoms with Crippen molar-refractivity contribution in [2.75, 3.05) is 7.11 Å². The standard InChI is InChI=1S/C28H51NO3Si2/c1-20(29-30-4)28(32-34(8,9)10)18-15-25-23-12-11-21-19-22(31-33(5,6)7)13-16-26(21,2)24(23)14-17-27(25,28)3/h11,22-25H,12-19H2,1-10H3/b29-20+/t22-,23+,24-,25-,26-,27-,28-/m0/s1. The van der Waals surface area contributed by atoms with Crippen LogP contribution in [-0.4, -0.2) is 41.2 Å². The number of fused-ring (bicyclic) bond motifs is 5. The zero-order valence-electron chi connectivity index (χ0n) is 23.7.